The number of nitrogens with zero attached hydrogens (tertiary/aromatic N) is 1. The van der Waals surface area contributed by atoms with Crippen LogP contribution in [0.2, 0.25) is 5.02 Å². The van der Waals surface area contributed by atoms with E-state index in [1.807, 2.05) is 54.3 Å². The first-order valence-electron chi connectivity index (χ1n) is 11.5. The summed E-state index contributed by atoms with van der Waals surface area (Å²) in [6.07, 6.45) is 0. The van der Waals surface area contributed by atoms with Crippen molar-refractivity contribution in [1.29, 1.82) is 0 Å². The van der Waals surface area contributed by atoms with Gasteiger partial charge in [-0.3, -0.25) is 4.79 Å². The number of rotatable bonds is 5. The number of ether oxygens (including phenoxy) is 2. The molecule has 5 nitrogen and oxygen atoms in total. The Labute approximate surface area is 204 Å². The molecular weight excluding hydrogens is 448 g/mol. The van der Waals surface area contributed by atoms with Gasteiger partial charge in [-0.15, -0.1) is 0 Å². The van der Waals surface area contributed by atoms with Crippen LogP contribution in [0.4, 0.5) is 0 Å². The van der Waals surface area contributed by atoms with Crippen LogP contribution in [-0.4, -0.2) is 36.1 Å². The number of amides is 1. The van der Waals surface area contributed by atoms with E-state index < -0.39 is 0 Å². The summed E-state index contributed by atoms with van der Waals surface area (Å²) >= 11 is 6.17. The van der Waals surface area contributed by atoms with Gasteiger partial charge < -0.3 is 19.4 Å². The van der Waals surface area contributed by atoms with Gasteiger partial charge in [0.25, 0.3) is 0 Å². The molecule has 1 aromatic heterocycles. The quantitative estimate of drug-likeness (QED) is 0.368. The van der Waals surface area contributed by atoms with E-state index in [0.29, 0.717) is 29.7 Å². The molecule has 3 aromatic carbocycles. The fourth-order valence-corrected chi connectivity index (χ4v) is 5.20. The van der Waals surface area contributed by atoms with E-state index in [0.717, 1.165) is 27.7 Å². The second kappa shape index (κ2) is 9.07. The largest absolute Gasteiger partial charge is 0.493 e. The SMILES string of the molecule is CCOc1ccc(C2CN(C(C)=O)C(c3ccc(Cl)cc3)c3[nH]c4ccccc4c32)cc1OC. The summed E-state index contributed by atoms with van der Waals surface area (Å²) in [5.41, 5.74) is 5.39. The van der Waals surface area contributed by atoms with Crippen molar-refractivity contribution in [3.63, 3.8) is 0 Å². The highest BCUT2D eigenvalue weighted by molar-refractivity contribution is 6.30. The molecule has 1 amide bonds. The summed E-state index contributed by atoms with van der Waals surface area (Å²) in [7, 11) is 1.65. The minimum Gasteiger partial charge on any atom is -0.493 e. The number of para-hydroxylation sites is 1. The molecule has 6 heteroatoms. The number of halogens is 1. The lowest BCUT2D eigenvalue weighted by Gasteiger charge is -2.40. The molecule has 34 heavy (non-hydrogen) atoms. The molecule has 0 radical (unpaired) electrons. The van der Waals surface area contributed by atoms with Crippen molar-refractivity contribution in [2.45, 2.75) is 25.8 Å². The van der Waals surface area contributed by atoms with Crippen molar-refractivity contribution in [2.75, 3.05) is 20.3 Å². The average molecular weight is 475 g/mol. The van der Waals surface area contributed by atoms with Crippen LogP contribution >= 0.6 is 11.6 Å². The van der Waals surface area contributed by atoms with E-state index in [2.05, 4.69) is 29.2 Å². The fourth-order valence-electron chi connectivity index (χ4n) is 5.07. The third-order valence-corrected chi connectivity index (χ3v) is 6.82. The molecule has 2 atom stereocenters. The van der Waals surface area contributed by atoms with Crippen LogP contribution in [0.5, 0.6) is 11.5 Å². The van der Waals surface area contributed by atoms with Gasteiger partial charge in [0.1, 0.15) is 0 Å². The zero-order valence-corrected chi connectivity index (χ0v) is 20.2. The minimum atomic E-state index is -0.224. The molecule has 0 aliphatic carbocycles. The van der Waals surface area contributed by atoms with Crippen molar-refractivity contribution in [3.05, 3.63) is 94.1 Å². The van der Waals surface area contributed by atoms with Gasteiger partial charge in [0.2, 0.25) is 5.91 Å². The highest BCUT2D eigenvalue weighted by Gasteiger charge is 2.39. The van der Waals surface area contributed by atoms with Gasteiger partial charge in [0, 0.05) is 41.0 Å². The van der Waals surface area contributed by atoms with E-state index in [9.17, 15) is 4.79 Å². The molecular formula is C28H27ClN2O3. The van der Waals surface area contributed by atoms with Crippen LogP contribution in [0, 0.1) is 0 Å². The second-order valence-electron chi connectivity index (χ2n) is 8.52. The predicted octanol–water partition coefficient (Wildman–Crippen LogP) is 6.31. The van der Waals surface area contributed by atoms with Crippen LogP contribution in [-0.2, 0) is 4.79 Å². The molecule has 4 aromatic rings. The number of carbonyl (C=O) groups is 1. The lowest BCUT2D eigenvalue weighted by Crippen LogP contribution is -2.41. The number of hydrogen-bond acceptors (Lipinski definition) is 3. The molecule has 1 aliphatic rings. The Morgan fingerprint density at radius 3 is 2.50 bits per heavy atom. The fraction of sp³-hybridized carbons (Fsp3) is 0.250. The molecule has 1 aliphatic heterocycles. The van der Waals surface area contributed by atoms with E-state index in [1.165, 1.54) is 5.56 Å². The molecule has 0 fully saturated rings. The van der Waals surface area contributed by atoms with E-state index >= 15 is 0 Å². The number of benzene rings is 3. The first-order chi connectivity index (χ1) is 16.5. The van der Waals surface area contributed by atoms with Gasteiger partial charge in [0.15, 0.2) is 11.5 Å². The second-order valence-corrected chi connectivity index (χ2v) is 8.96. The summed E-state index contributed by atoms with van der Waals surface area (Å²) in [5.74, 6) is 1.40. The van der Waals surface area contributed by atoms with Gasteiger partial charge in [-0.1, -0.05) is 48.0 Å². The summed E-state index contributed by atoms with van der Waals surface area (Å²) in [5, 5.41) is 1.84. The zero-order chi connectivity index (χ0) is 23.8. The predicted molar refractivity (Wildman–Crippen MR) is 135 cm³/mol. The van der Waals surface area contributed by atoms with Crippen LogP contribution in [0.1, 0.15) is 48.2 Å². The number of H-pyrrole nitrogens is 1. The lowest BCUT2D eigenvalue weighted by atomic mass is 9.81. The molecule has 2 heterocycles. The number of aromatic amines is 1. The molecule has 0 saturated heterocycles. The Hall–Kier alpha value is -3.44. The normalized spacial score (nSPS) is 17.5. The van der Waals surface area contributed by atoms with Crippen molar-refractivity contribution >= 4 is 28.4 Å². The monoisotopic (exact) mass is 474 g/mol. The lowest BCUT2D eigenvalue weighted by molar-refractivity contribution is -0.131. The third kappa shape index (κ3) is 3.80. The molecule has 5 rings (SSSR count). The average Bonchev–Trinajstić information content (AvgIpc) is 3.23. The van der Waals surface area contributed by atoms with E-state index in [4.69, 9.17) is 21.1 Å². The standard InChI is InChI=1S/C28H27ClN2O3/c1-4-34-24-14-11-19(15-25(24)33-3)22-16-31(17(2)32)28(18-9-12-20(29)13-10-18)27-26(22)21-7-5-6-8-23(21)30-27/h5-15,22,28,30H,4,16H2,1-3H3. The highest BCUT2D eigenvalue weighted by atomic mass is 35.5. The number of hydrogen-bond donors (Lipinski definition) is 1. The van der Waals surface area contributed by atoms with Crippen molar-refractivity contribution in [3.8, 4) is 11.5 Å². The van der Waals surface area contributed by atoms with Crippen molar-refractivity contribution < 1.29 is 14.3 Å². The minimum absolute atomic E-state index is 0.0205. The van der Waals surface area contributed by atoms with Crippen LogP contribution in [0.3, 0.4) is 0 Å². The summed E-state index contributed by atoms with van der Waals surface area (Å²) in [4.78, 5) is 18.5. The number of methoxy groups -OCH3 is 1. The third-order valence-electron chi connectivity index (χ3n) is 6.57. The molecule has 174 valence electrons. The van der Waals surface area contributed by atoms with Gasteiger partial charge >= 0.3 is 0 Å². The Balaban J connectivity index is 1.72. The maximum atomic E-state index is 13.0. The first-order valence-corrected chi connectivity index (χ1v) is 11.8. The Morgan fingerprint density at radius 1 is 1.06 bits per heavy atom. The smallest absolute Gasteiger partial charge is 0.220 e. The van der Waals surface area contributed by atoms with Crippen molar-refractivity contribution in [2.24, 2.45) is 0 Å². The summed E-state index contributed by atoms with van der Waals surface area (Å²) in [6, 6.07) is 21.9. The zero-order valence-electron chi connectivity index (χ0n) is 19.5. The van der Waals surface area contributed by atoms with E-state index in [-0.39, 0.29) is 17.9 Å². The van der Waals surface area contributed by atoms with Gasteiger partial charge in [-0.25, -0.2) is 0 Å². The van der Waals surface area contributed by atoms with Crippen LogP contribution in [0.15, 0.2) is 66.7 Å². The maximum absolute atomic E-state index is 13.0. The van der Waals surface area contributed by atoms with Crippen LogP contribution < -0.4 is 9.47 Å². The molecule has 1 N–H and O–H groups in total. The van der Waals surface area contributed by atoms with Gasteiger partial charge in [0.05, 0.1) is 19.8 Å². The molecule has 0 saturated carbocycles. The maximum Gasteiger partial charge on any atom is 0.220 e. The molecule has 2 unspecified atom stereocenters. The van der Waals surface area contributed by atoms with E-state index in [1.54, 1.807) is 14.0 Å². The van der Waals surface area contributed by atoms with Crippen LogP contribution in [0.25, 0.3) is 10.9 Å². The van der Waals surface area contributed by atoms with Crippen molar-refractivity contribution in [1.82, 2.24) is 9.88 Å². The number of nitrogens with one attached hydrogen (secondary N) is 1. The summed E-state index contributed by atoms with van der Waals surface area (Å²) < 4.78 is 11.4. The summed E-state index contributed by atoms with van der Waals surface area (Å²) in [6.45, 7) is 4.70. The molecule has 0 spiro atoms. The Morgan fingerprint density at radius 2 is 1.79 bits per heavy atom. The number of carbonyl (C=O) groups excluding carboxylic acids is 1. The topological polar surface area (TPSA) is 54.6 Å². The highest BCUT2D eigenvalue weighted by Crippen LogP contribution is 2.46. The number of aromatic nitrogens is 1. The van der Waals surface area contributed by atoms with Gasteiger partial charge in [-0.05, 0) is 53.9 Å². The molecule has 0 bridgehead atoms. The Kier molecular flexibility index (Phi) is 5.96. The Bertz CT molecular complexity index is 1350. The first kappa shape index (κ1) is 22.4. The van der Waals surface area contributed by atoms with Gasteiger partial charge in [-0.2, -0.15) is 0 Å². The number of fused-ring (bicyclic) bond motifs is 3.